The van der Waals surface area contributed by atoms with Gasteiger partial charge in [-0.2, -0.15) is 0 Å². The van der Waals surface area contributed by atoms with E-state index in [-0.39, 0.29) is 5.78 Å². The lowest BCUT2D eigenvalue weighted by Crippen LogP contribution is -2.12. The maximum Gasteiger partial charge on any atom is 0.159 e. The van der Waals surface area contributed by atoms with Gasteiger partial charge in [0.2, 0.25) is 0 Å². The monoisotopic (exact) mass is 284 g/mol. The van der Waals surface area contributed by atoms with Crippen LogP contribution in [0.5, 0.6) is 5.75 Å². The fraction of sp³-hybridized carbons (Fsp3) is 0.462. The fourth-order valence-corrected chi connectivity index (χ4v) is 1.94. The number of carbonyl (C=O) groups is 1. The Balaban J connectivity index is 2.60. The predicted octanol–water partition coefficient (Wildman–Crippen LogP) is 3.69. The van der Waals surface area contributed by atoms with Crippen molar-refractivity contribution >= 4 is 21.7 Å². The number of ketones is 1. The highest BCUT2D eigenvalue weighted by atomic mass is 79.9. The zero-order chi connectivity index (χ0) is 12.0. The predicted molar refractivity (Wildman–Crippen MR) is 69.5 cm³/mol. The van der Waals surface area contributed by atoms with Crippen LogP contribution in [-0.4, -0.2) is 17.7 Å². The third kappa shape index (κ3) is 3.97. The van der Waals surface area contributed by atoms with Crippen LogP contribution < -0.4 is 4.74 Å². The normalized spacial score (nSPS) is 12.2. The van der Waals surface area contributed by atoms with Crippen LogP contribution in [0.3, 0.4) is 0 Å². The van der Waals surface area contributed by atoms with Crippen LogP contribution in [0.15, 0.2) is 24.3 Å². The van der Waals surface area contributed by atoms with Gasteiger partial charge in [0.1, 0.15) is 5.75 Å². The molecule has 0 bridgehead atoms. The van der Waals surface area contributed by atoms with E-state index in [1.54, 1.807) is 19.1 Å². The summed E-state index contributed by atoms with van der Waals surface area (Å²) in [5, 5.41) is 0.940. The highest BCUT2D eigenvalue weighted by Crippen LogP contribution is 2.16. The Bertz CT molecular complexity index is 346. The molecule has 1 rings (SSSR count). The lowest BCUT2D eigenvalue weighted by Gasteiger charge is -2.13. The molecule has 0 amide bonds. The van der Waals surface area contributed by atoms with Gasteiger partial charge in [0.05, 0.1) is 6.61 Å². The molecule has 0 aromatic heterocycles. The SMILES string of the molecule is CCC(CBr)COc1cccc(C(C)=O)c1. The lowest BCUT2D eigenvalue weighted by atomic mass is 10.1. The summed E-state index contributed by atoms with van der Waals surface area (Å²) in [5.74, 6) is 1.35. The molecular formula is C13H17BrO2. The summed E-state index contributed by atoms with van der Waals surface area (Å²) in [7, 11) is 0. The third-order valence-corrected chi connectivity index (χ3v) is 3.44. The molecule has 0 aliphatic rings. The average Bonchev–Trinajstić information content (AvgIpc) is 2.31. The van der Waals surface area contributed by atoms with Gasteiger partial charge in [0, 0.05) is 16.8 Å². The van der Waals surface area contributed by atoms with Crippen molar-refractivity contribution in [3.63, 3.8) is 0 Å². The second-order valence-corrected chi connectivity index (χ2v) is 4.47. The van der Waals surface area contributed by atoms with Crippen molar-refractivity contribution in [3.05, 3.63) is 29.8 Å². The van der Waals surface area contributed by atoms with Crippen molar-refractivity contribution in [1.82, 2.24) is 0 Å². The molecule has 0 radical (unpaired) electrons. The summed E-state index contributed by atoms with van der Waals surface area (Å²) in [6.07, 6.45) is 1.08. The summed E-state index contributed by atoms with van der Waals surface area (Å²) >= 11 is 3.45. The van der Waals surface area contributed by atoms with Crippen molar-refractivity contribution in [2.45, 2.75) is 20.3 Å². The van der Waals surface area contributed by atoms with E-state index >= 15 is 0 Å². The molecule has 0 heterocycles. The first-order valence-electron chi connectivity index (χ1n) is 5.47. The fourth-order valence-electron chi connectivity index (χ4n) is 1.29. The minimum atomic E-state index is 0.0676. The van der Waals surface area contributed by atoms with E-state index in [9.17, 15) is 4.79 Å². The molecule has 1 aromatic carbocycles. The molecule has 0 saturated carbocycles. The van der Waals surface area contributed by atoms with Crippen LogP contribution >= 0.6 is 15.9 Å². The standard InChI is InChI=1S/C13H17BrO2/c1-3-11(8-14)9-16-13-6-4-5-12(7-13)10(2)15/h4-7,11H,3,8-9H2,1-2H3. The summed E-state index contributed by atoms with van der Waals surface area (Å²) in [6.45, 7) is 4.39. The van der Waals surface area contributed by atoms with E-state index in [0.717, 1.165) is 17.5 Å². The summed E-state index contributed by atoms with van der Waals surface area (Å²) in [6, 6.07) is 7.33. The molecule has 1 aromatic rings. The van der Waals surface area contributed by atoms with Gasteiger partial charge in [0.25, 0.3) is 0 Å². The Labute approximate surface area is 105 Å². The molecule has 1 unspecified atom stereocenters. The lowest BCUT2D eigenvalue weighted by molar-refractivity contribution is 0.101. The molecule has 0 aliphatic heterocycles. The van der Waals surface area contributed by atoms with E-state index in [1.165, 1.54) is 0 Å². The van der Waals surface area contributed by atoms with E-state index in [0.29, 0.717) is 18.1 Å². The smallest absolute Gasteiger partial charge is 0.159 e. The second-order valence-electron chi connectivity index (χ2n) is 3.82. The second kappa shape index (κ2) is 6.69. The molecule has 0 N–H and O–H groups in total. The molecule has 0 spiro atoms. The Morgan fingerprint density at radius 2 is 2.25 bits per heavy atom. The molecule has 0 saturated heterocycles. The highest BCUT2D eigenvalue weighted by molar-refractivity contribution is 9.09. The van der Waals surface area contributed by atoms with Crippen LogP contribution in [0.2, 0.25) is 0 Å². The first-order chi connectivity index (χ1) is 7.67. The zero-order valence-electron chi connectivity index (χ0n) is 9.70. The molecule has 16 heavy (non-hydrogen) atoms. The number of alkyl halides is 1. The van der Waals surface area contributed by atoms with Gasteiger partial charge in [-0.3, -0.25) is 4.79 Å². The van der Waals surface area contributed by atoms with Gasteiger partial charge in [0.15, 0.2) is 5.78 Å². The molecule has 2 nitrogen and oxygen atoms in total. The maximum absolute atomic E-state index is 11.2. The van der Waals surface area contributed by atoms with E-state index in [2.05, 4.69) is 22.9 Å². The van der Waals surface area contributed by atoms with E-state index in [1.807, 2.05) is 12.1 Å². The molecule has 3 heteroatoms. The summed E-state index contributed by atoms with van der Waals surface area (Å²) < 4.78 is 5.66. The van der Waals surface area contributed by atoms with Crippen molar-refractivity contribution < 1.29 is 9.53 Å². The van der Waals surface area contributed by atoms with Gasteiger partial charge in [-0.1, -0.05) is 35.0 Å². The minimum absolute atomic E-state index is 0.0676. The van der Waals surface area contributed by atoms with Crippen LogP contribution in [0.1, 0.15) is 30.6 Å². The van der Waals surface area contributed by atoms with Crippen LogP contribution in [0.25, 0.3) is 0 Å². The van der Waals surface area contributed by atoms with Gasteiger partial charge in [-0.25, -0.2) is 0 Å². The summed E-state index contributed by atoms with van der Waals surface area (Å²) in [4.78, 5) is 11.2. The van der Waals surface area contributed by atoms with Crippen molar-refractivity contribution in [2.75, 3.05) is 11.9 Å². The van der Waals surface area contributed by atoms with E-state index in [4.69, 9.17) is 4.74 Å². The zero-order valence-corrected chi connectivity index (χ0v) is 11.3. The summed E-state index contributed by atoms with van der Waals surface area (Å²) in [5.41, 5.74) is 0.699. The first kappa shape index (κ1) is 13.2. The topological polar surface area (TPSA) is 26.3 Å². The largest absolute Gasteiger partial charge is 0.493 e. The Morgan fingerprint density at radius 3 is 2.81 bits per heavy atom. The van der Waals surface area contributed by atoms with Crippen molar-refractivity contribution in [1.29, 1.82) is 0 Å². The number of halogens is 1. The highest BCUT2D eigenvalue weighted by Gasteiger charge is 2.06. The van der Waals surface area contributed by atoms with Crippen LogP contribution in [0.4, 0.5) is 0 Å². The minimum Gasteiger partial charge on any atom is -0.493 e. The van der Waals surface area contributed by atoms with Crippen molar-refractivity contribution in [2.24, 2.45) is 5.92 Å². The number of ether oxygens (including phenoxy) is 1. The quantitative estimate of drug-likeness (QED) is 0.588. The van der Waals surface area contributed by atoms with E-state index < -0.39 is 0 Å². The Morgan fingerprint density at radius 1 is 1.50 bits per heavy atom. The number of hydrogen-bond donors (Lipinski definition) is 0. The van der Waals surface area contributed by atoms with Crippen molar-refractivity contribution in [3.8, 4) is 5.75 Å². The number of Topliss-reactive ketones (excluding diaryl/α,β-unsaturated/α-hetero) is 1. The van der Waals surface area contributed by atoms with Gasteiger partial charge in [-0.15, -0.1) is 0 Å². The average molecular weight is 285 g/mol. The molecule has 88 valence electrons. The maximum atomic E-state index is 11.2. The Hall–Kier alpha value is -0.830. The Kier molecular flexibility index (Phi) is 5.53. The van der Waals surface area contributed by atoms with Crippen LogP contribution in [0, 0.1) is 5.92 Å². The number of benzene rings is 1. The third-order valence-electron chi connectivity index (χ3n) is 2.52. The van der Waals surface area contributed by atoms with Gasteiger partial charge < -0.3 is 4.74 Å². The number of rotatable bonds is 6. The van der Waals surface area contributed by atoms with Gasteiger partial charge >= 0.3 is 0 Å². The van der Waals surface area contributed by atoms with Gasteiger partial charge in [-0.05, 0) is 25.5 Å². The molecule has 1 atom stereocenters. The number of carbonyl (C=O) groups excluding carboxylic acids is 1. The number of hydrogen-bond acceptors (Lipinski definition) is 2. The first-order valence-corrected chi connectivity index (χ1v) is 6.59. The molecular weight excluding hydrogens is 268 g/mol. The molecule has 0 fully saturated rings. The molecule has 0 aliphatic carbocycles. The van der Waals surface area contributed by atoms with Crippen LogP contribution in [-0.2, 0) is 0 Å².